The molecule has 0 amide bonds. The number of hydrogen-bond acceptors (Lipinski definition) is 0. The van der Waals surface area contributed by atoms with Crippen LogP contribution in [0.3, 0.4) is 0 Å². The Morgan fingerprint density at radius 2 is 1.34 bits per heavy atom. The largest absolute Gasteiger partial charge is 0.0985 e. The Balaban J connectivity index is 1.87. The van der Waals surface area contributed by atoms with Gasteiger partial charge in [-0.25, -0.2) is 0 Å². The summed E-state index contributed by atoms with van der Waals surface area (Å²) in [6.45, 7) is 8.50. The standard InChI is InChI=1S/C29H32/c1-4-7-19-29(20-8-5-2)27-12-10-9-11-25(27)26-18-17-24(21-28(26)29)23-15-13-22(6-3)14-16-23/h6,9-18,21H,3-5,7-8,19-20H2,1-2H3. The zero-order valence-corrected chi connectivity index (χ0v) is 17.9. The van der Waals surface area contributed by atoms with E-state index in [-0.39, 0.29) is 5.41 Å². The molecule has 0 atom stereocenters. The van der Waals surface area contributed by atoms with Crippen molar-refractivity contribution in [2.24, 2.45) is 0 Å². The smallest absolute Gasteiger partial charge is 0.0215 e. The van der Waals surface area contributed by atoms with E-state index in [0.29, 0.717) is 0 Å². The van der Waals surface area contributed by atoms with Crippen LogP contribution in [0.5, 0.6) is 0 Å². The number of benzene rings is 3. The summed E-state index contributed by atoms with van der Waals surface area (Å²) in [5.74, 6) is 0. The summed E-state index contributed by atoms with van der Waals surface area (Å²) in [6, 6.07) is 25.1. The van der Waals surface area contributed by atoms with E-state index in [9.17, 15) is 0 Å². The van der Waals surface area contributed by atoms with Gasteiger partial charge in [-0.15, -0.1) is 0 Å². The molecular formula is C29H32. The van der Waals surface area contributed by atoms with E-state index < -0.39 is 0 Å². The van der Waals surface area contributed by atoms with Crippen molar-refractivity contribution in [3.8, 4) is 22.3 Å². The van der Waals surface area contributed by atoms with Gasteiger partial charge in [-0.3, -0.25) is 0 Å². The van der Waals surface area contributed by atoms with Gasteiger partial charge in [0.2, 0.25) is 0 Å². The van der Waals surface area contributed by atoms with E-state index in [2.05, 4.69) is 87.2 Å². The third kappa shape index (κ3) is 3.46. The molecular weight excluding hydrogens is 348 g/mol. The lowest BCUT2D eigenvalue weighted by Crippen LogP contribution is -2.25. The third-order valence-electron chi connectivity index (χ3n) is 6.66. The van der Waals surface area contributed by atoms with Crippen molar-refractivity contribution in [3.05, 3.63) is 90.0 Å². The van der Waals surface area contributed by atoms with E-state index in [1.165, 1.54) is 66.3 Å². The van der Waals surface area contributed by atoms with Crippen LogP contribution in [0.2, 0.25) is 0 Å². The number of fused-ring (bicyclic) bond motifs is 3. The first-order valence-electron chi connectivity index (χ1n) is 11.2. The second-order valence-electron chi connectivity index (χ2n) is 8.42. The molecule has 3 aromatic rings. The minimum Gasteiger partial charge on any atom is -0.0985 e. The van der Waals surface area contributed by atoms with E-state index in [1.807, 2.05) is 6.08 Å². The molecule has 0 bridgehead atoms. The molecule has 0 N–H and O–H groups in total. The van der Waals surface area contributed by atoms with Crippen molar-refractivity contribution < 1.29 is 0 Å². The lowest BCUT2D eigenvalue weighted by atomic mass is 9.70. The normalized spacial score (nSPS) is 13.7. The van der Waals surface area contributed by atoms with Crippen molar-refractivity contribution in [3.63, 3.8) is 0 Å². The molecule has 1 aliphatic rings. The van der Waals surface area contributed by atoms with Gasteiger partial charge in [0, 0.05) is 5.41 Å². The predicted octanol–water partition coefficient (Wildman–Crippen LogP) is 8.64. The van der Waals surface area contributed by atoms with E-state index in [4.69, 9.17) is 0 Å². The summed E-state index contributed by atoms with van der Waals surface area (Å²) in [6.07, 6.45) is 9.43. The highest BCUT2D eigenvalue weighted by Gasteiger charge is 2.41. The Hall–Kier alpha value is -2.60. The maximum absolute atomic E-state index is 3.88. The van der Waals surface area contributed by atoms with Crippen molar-refractivity contribution >= 4 is 6.08 Å². The fourth-order valence-electron chi connectivity index (χ4n) is 5.07. The average molecular weight is 381 g/mol. The number of unbranched alkanes of at least 4 members (excludes halogenated alkanes) is 2. The molecule has 0 radical (unpaired) electrons. The molecule has 0 heteroatoms. The summed E-state index contributed by atoms with van der Waals surface area (Å²) in [5, 5.41) is 0. The molecule has 0 aliphatic heterocycles. The minimum atomic E-state index is 0.162. The van der Waals surface area contributed by atoms with Crippen LogP contribution in [-0.2, 0) is 5.41 Å². The van der Waals surface area contributed by atoms with Crippen molar-refractivity contribution in [2.45, 2.75) is 57.8 Å². The molecule has 4 rings (SSSR count). The Kier molecular flexibility index (Phi) is 5.72. The first-order valence-corrected chi connectivity index (χ1v) is 11.2. The van der Waals surface area contributed by atoms with Crippen molar-refractivity contribution in [2.75, 3.05) is 0 Å². The van der Waals surface area contributed by atoms with Gasteiger partial charge in [-0.2, -0.15) is 0 Å². The summed E-state index contributed by atoms with van der Waals surface area (Å²) in [5.41, 5.74) is 9.93. The van der Waals surface area contributed by atoms with Gasteiger partial charge in [0.15, 0.2) is 0 Å². The predicted molar refractivity (Wildman–Crippen MR) is 127 cm³/mol. The van der Waals surface area contributed by atoms with Gasteiger partial charge in [0.25, 0.3) is 0 Å². The van der Waals surface area contributed by atoms with Crippen LogP contribution in [0.4, 0.5) is 0 Å². The van der Waals surface area contributed by atoms with Gasteiger partial charge in [0.1, 0.15) is 0 Å². The van der Waals surface area contributed by atoms with Gasteiger partial charge < -0.3 is 0 Å². The molecule has 0 fully saturated rings. The van der Waals surface area contributed by atoms with Crippen molar-refractivity contribution in [1.29, 1.82) is 0 Å². The van der Waals surface area contributed by atoms with Crippen molar-refractivity contribution in [1.82, 2.24) is 0 Å². The number of rotatable bonds is 8. The first kappa shape index (κ1) is 19.7. The maximum Gasteiger partial charge on any atom is 0.0215 e. The van der Waals surface area contributed by atoms with Crippen LogP contribution in [0.15, 0.2) is 73.3 Å². The summed E-state index contributed by atoms with van der Waals surface area (Å²) < 4.78 is 0. The second-order valence-corrected chi connectivity index (χ2v) is 8.42. The maximum atomic E-state index is 3.88. The van der Waals surface area contributed by atoms with Gasteiger partial charge in [-0.1, -0.05) is 113 Å². The lowest BCUT2D eigenvalue weighted by molar-refractivity contribution is 0.414. The van der Waals surface area contributed by atoms with Gasteiger partial charge in [0.05, 0.1) is 0 Å². The fraction of sp³-hybridized carbons (Fsp3) is 0.310. The van der Waals surface area contributed by atoms with E-state index >= 15 is 0 Å². The molecule has 0 heterocycles. The molecule has 148 valence electrons. The van der Waals surface area contributed by atoms with Crippen LogP contribution in [0.25, 0.3) is 28.3 Å². The van der Waals surface area contributed by atoms with Crippen LogP contribution >= 0.6 is 0 Å². The quantitative estimate of drug-likeness (QED) is 0.367. The molecule has 0 saturated carbocycles. The SMILES string of the molecule is C=Cc1ccc(-c2ccc3c(c2)C(CCCC)(CCCC)c2ccccc2-3)cc1. The van der Waals surface area contributed by atoms with Gasteiger partial charge >= 0.3 is 0 Å². The number of hydrogen-bond donors (Lipinski definition) is 0. The molecule has 0 saturated heterocycles. The second kappa shape index (κ2) is 8.41. The summed E-state index contributed by atoms with van der Waals surface area (Å²) in [4.78, 5) is 0. The summed E-state index contributed by atoms with van der Waals surface area (Å²) >= 11 is 0. The molecule has 0 unspecified atom stereocenters. The highest BCUT2D eigenvalue weighted by atomic mass is 14.4. The zero-order chi connectivity index (χ0) is 20.3. The van der Waals surface area contributed by atoms with Crippen LogP contribution in [0, 0.1) is 0 Å². The zero-order valence-electron chi connectivity index (χ0n) is 17.9. The molecule has 3 aromatic carbocycles. The van der Waals surface area contributed by atoms with Crippen LogP contribution in [-0.4, -0.2) is 0 Å². The Bertz CT molecular complexity index is 983. The highest BCUT2D eigenvalue weighted by Crippen LogP contribution is 2.54. The first-order chi connectivity index (χ1) is 14.2. The molecule has 29 heavy (non-hydrogen) atoms. The third-order valence-corrected chi connectivity index (χ3v) is 6.66. The topological polar surface area (TPSA) is 0 Å². The molecule has 0 aromatic heterocycles. The summed E-state index contributed by atoms with van der Waals surface area (Å²) in [7, 11) is 0. The van der Waals surface area contributed by atoms with Crippen LogP contribution in [0.1, 0.15) is 69.1 Å². The Morgan fingerprint density at radius 1 is 0.724 bits per heavy atom. The lowest BCUT2D eigenvalue weighted by Gasteiger charge is -2.33. The van der Waals surface area contributed by atoms with E-state index in [1.54, 1.807) is 11.1 Å². The molecule has 1 aliphatic carbocycles. The highest BCUT2D eigenvalue weighted by molar-refractivity contribution is 5.84. The van der Waals surface area contributed by atoms with Crippen LogP contribution < -0.4 is 0 Å². The Labute approximate surface area is 176 Å². The van der Waals surface area contributed by atoms with Gasteiger partial charge in [-0.05, 0) is 57.9 Å². The fourth-order valence-corrected chi connectivity index (χ4v) is 5.07. The van der Waals surface area contributed by atoms with E-state index in [0.717, 1.165) is 0 Å². The molecule has 0 spiro atoms. The Morgan fingerprint density at radius 3 is 2.00 bits per heavy atom. The average Bonchev–Trinajstić information content (AvgIpc) is 3.06. The minimum absolute atomic E-state index is 0.162. The molecule has 0 nitrogen and oxygen atoms in total. The monoisotopic (exact) mass is 380 g/mol.